The van der Waals surface area contributed by atoms with Crippen molar-refractivity contribution >= 4 is 44.8 Å². The zero-order valence-electron chi connectivity index (χ0n) is 29.1. The van der Waals surface area contributed by atoms with Crippen molar-refractivity contribution in [3.8, 4) is 0 Å². The number of para-hydroxylation sites is 1. The van der Waals surface area contributed by atoms with Crippen LogP contribution in [0.25, 0.3) is 10.9 Å². The highest BCUT2D eigenvalue weighted by Crippen LogP contribution is 2.34. The third kappa shape index (κ3) is 7.85. The van der Waals surface area contributed by atoms with Gasteiger partial charge in [-0.15, -0.1) is 0 Å². The molecule has 0 bridgehead atoms. The van der Waals surface area contributed by atoms with Crippen molar-refractivity contribution in [2.45, 2.75) is 70.4 Å². The molecule has 15 heteroatoms. The minimum absolute atomic E-state index is 0.00121. The van der Waals surface area contributed by atoms with Crippen LogP contribution >= 0.6 is 0 Å². The van der Waals surface area contributed by atoms with Crippen LogP contribution in [0.3, 0.4) is 0 Å². The smallest absolute Gasteiger partial charge is 0.410 e. The molecule has 4 N–H and O–H groups in total. The van der Waals surface area contributed by atoms with Gasteiger partial charge in [-0.3, -0.25) is 9.89 Å². The summed E-state index contributed by atoms with van der Waals surface area (Å²) in [6.45, 7) is 5.42. The molecule has 2 aromatic carbocycles. The Labute approximate surface area is 298 Å². The summed E-state index contributed by atoms with van der Waals surface area (Å²) < 4.78 is 31.0. The third-order valence-corrected chi connectivity index (χ3v) is 12.5. The molecule has 0 aliphatic carbocycles. The molecule has 14 nitrogen and oxygen atoms in total. The summed E-state index contributed by atoms with van der Waals surface area (Å²) in [4.78, 5) is 46.3. The summed E-state index contributed by atoms with van der Waals surface area (Å²) in [7, 11) is -3.67. The number of likely N-dealkylation sites (tertiary alicyclic amines) is 2. The molecule has 3 fully saturated rings. The Morgan fingerprint density at radius 2 is 1.61 bits per heavy atom. The van der Waals surface area contributed by atoms with E-state index in [0.29, 0.717) is 70.5 Å². The second-order valence-corrected chi connectivity index (χ2v) is 16.1. The highest BCUT2D eigenvalue weighted by molar-refractivity contribution is 7.86. The van der Waals surface area contributed by atoms with Crippen molar-refractivity contribution in [2.24, 2.45) is 17.0 Å². The molecule has 7 rings (SSSR count). The van der Waals surface area contributed by atoms with Gasteiger partial charge in [0.15, 0.2) is 6.10 Å². The number of amides is 4. The number of carbonyl (C=O) groups is 3. The molecule has 0 spiro atoms. The Bertz CT molecular complexity index is 1860. The number of hydrogen-bond acceptors (Lipinski definition) is 7. The lowest BCUT2D eigenvalue weighted by Crippen LogP contribution is -2.52. The Kier molecular flexibility index (Phi) is 10.2. The number of nitrogens with two attached hydrogens (primary N) is 1. The number of H-pyrrole nitrogens is 1. The molecule has 3 aromatic rings. The Morgan fingerprint density at radius 1 is 0.941 bits per heavy atom. The van der Waals surface area contributed by atoms with Crippen LogP contribution in [0.5, 0.6) is 0 Å². The van der Waals surface area contributed by atoms with Gasteiger partial charge in [0.25, 0.3) is 16.1 Å². The predicted molar refractivity (Wildman–Crippen MR) is 192 cm³/mol. The number of nitrogens with one attached hydrogen (secondary N) is 2. The fourth-order valence-corrected chi connectivity index (χ4v) is 9.23. The summed E-state index contributed by atoms with van der Waals surface area (Å²) in [5, 5.41) is 16.5. The Hall–Kier alpha value is -4.21. The normalized spacial score (nSPS) is 20.9. The Balaban J connectivity index is 0.985. The van der Waals surface area contributed by atoms with E-state index in [4.69, 9.17) is 9.88 Å². The molecule has 1 aromatic heterocycles. The molecule has 0 unspecified atom stereocenters. The SMILES string of the molecule is Cc1cc(C[C@@H](OC(=O)N2CCC(N3CCc4ccccc4NC3=O)CC2)C(=O)N2CCC(C3CCN(S(N)(=O)=O)CC3)CC2)cc2cn[nH]c12. The maximum absolute atomic E-state index is 14.1. The van der Waals surface area contributed by atoms with Gasteiger partial charge in [0.1, 0.15) is 0 Å². The first kappa shape index (κ1) is 35.2. The number of aromatic amines is 1. The monoisotopic (exact) mass is 720 g/mol. The number of aromatic nitrogens is 2. The zero-order chi connectivity index (χ0) is 35.7. The van der Waals surface area contributed by atoms with Gasteiger partial charge < -0.3 is 24.8 Å². The maximum atomic E-state index is 14.1. The topological polar surface area (TPSA) is 174 Å². The van der Waals surface area contributed by atoms with E-state index in [1.54, 1.807) is 11.1 Å². The van der Waals surface area contributed by atoms with Crippen LogP contribution in [0.15, 0.2) is 42.6 Å². The summed E-state index contributed by atoms with van der Waals surface area (Å²) in [6.07, 6.45) is 5.64. The van der Waals surface area contributed by atoms with E-state index in [2.05, 4.69) is 15.5 Å². The number of fused-ring (bicyclic) bond motifs is 2. The minimum atomic E-state index is -3.67. The first-order valence-electron chi connectivity index (χ1n) is 18.1. The van der Waals surface area contributed by atoms with Crippen LogP contribution in [0.4, 0.5) is 15.3 Å². The zero-order valence-corrected chi connectivity index (χ0v) is 29.9. The number of urea groups is 1. The van der Waals surface area contributed by atoms with Crippen LogP contribution in [-0.2, 0) is 32.6 Å². The lowest BCUT2D eigenvalue weighted by Gasteiger charge is -2.40. The number of hydrogen-bond donors (Lipinski definition) is 3. The van der Waals surface area contributed by atoms with Crippen molar-refractivity contribution in [1.82, 2.24) is 29.2 Å². The summed E-state index contributed by atoms with van der Waals surface area (Å²) in [5.41, 5.74) is 4.77. The van der Waals surface area contributed by atoms with E-state index in [1.807, 2.05) is 53.1 Å². The van der Waals surface area contributed by atoms with Crippen molar-refractivity contribution in [2.75, 3.05) is 51.1 Å². The maximum Gasteiger partial charge on any atom is 0.410 e. The lowest BCUT2D eigenvalue weighted by molar-refractivity contribution is -0.142. The molecule has 0 saturated carbocycles. The van der Waals surface area contributed by atoms with E-state index < -0.39 is 22.4 Å². The average molecular weight is 721 g/mol. The van der Waals surface area contributed by atoms with Gasteiger partial charge in [-0.05, 0) is 92.5 Å². The van der Waals surface area contributed by atoms with Gasteiger partial charge in [0.2, 0.25) is 0 Å². The van der Waals surface area contributed by atoms with Crippen LogP contribution in [0.2, 0.25) is 0 Å². The van der Waals surface area contributed by atoms with E-state index >= 15 is 0 Å². The number of aryl methyl sites for hydroxylation is 1. The summed E-state index contributed by atoms with van der Waals surface area (Å²) in [5.74, 6) is 0.578. The highest BCUT2D eigenvalue weighted by atomic mass is 32.2. The van der Waals surface area contributed by atoms with E-state index in [-0.39, 0.29) is 24.4 Å². The molecule has 3 saturated heterocycles. The molecule has 0 radical (unpaired) electrons. The first-order chi connectivity index (χ1) is 24.5. The molecule has 4 aliphatic heterocycles. The number of nitrogens with zero attached hydrogens (tertiary/aromatic N) is 5. The number of piperidine rings is 3. The molecular weight excluding hydrogens is 673 g/mol. The van der Waals surface area contributed by atoms with Crippen LogP contribution in [0.1, 0.15) is 55.2 Å². The van der Waals surface area contributed by atoms with Crippen molar-refractivity contribution in [3.05, 3.63) is 59.3 Å². The van der Waals surface area contributed by atoms with Crippen molar-refractivity contribution < 1.29 is 27.5 Å². The number of benzene rings is 2. The van der Waals surface area contributed by atoms with Gasteiger partial charge in [0.05, 0.1) is 11.7 Å². The van der Waals surface area contributed by atoms with Crippen LogP contribution < -0.4 is 10.5 Å². The summed E-state index contributed by atoms with van der Waals surface area (Å²) >= 11 is 0. The molecule has 4 amide bonds. The van der Waals surface area contributed by atoms with E-state index in [0.717, 1.165) is 65.4 Å². The van der Waals surface area contributed by atoms with Gasteiger partial charge in [-0.1, -0.05) is 24.3 Å². The van der Waals surface area contributed by atoms with Crippen molar-refractivity contribution in [1.29, 1.82) is 0 Å². The molecule has 274 valence electrons. The van der Waals surface area contributed by atoms with Gasteiger partial charge in [0, 0.05) is 69.3 Å². The second-order valence-electron chi connectivity index (χ2n) is 14.5. The summed E-state index contributed by atoms with van der Waals surface area (Å²) in [6, 6.07) is 11.7. The third-order valence-electron chi connectivity index (χ3n) is 11.4. The second kappa shape index (κ2) is 14.8. The molecule has 4 aliphatic rings. The molecule has 51 heavy (non-hydrogen) atoms. The Morgan fingerprint density at radius 3 is 2.31 bits per heavy atom. The van der Waals surface area contributed by atoms with Gasteiger partial charge in [-0.2, -0.15) is 17.8 Å². The quantitative estimate of drug-likeness (QED) is 0.334. The molecule has 1 atom stereocenters. The number of anilines is 1. The van der Waals surface area contributed by atoms with Gasteiger partial charge in [-0.25, -0.2) is 14.7 Å². The number of rotatable bonds is 7. The van der Waals surface area contributed by atoms with E-state index in [1.165, 1.54) is 4.31 Å². The highest BCUT2D eigenvalue weighted by Gasteiger charge is 2.37. The standard InChI is InChI=1S/C36H48N8O6S/c1-24-20-25(21-29-23-38-40-33(24)29)22-32(34(45)41-13-6-26(7-14-41)27-8-17-43(18-9-27)51(37,48)49)50-36(47)42-15-11-30(12-16-42)44-19-10-28-4-2-3-5-31(28)39-35(44)46/h2-5,20-21,23,26-27,30,32H,6-19,22H2,1H3,(H,38,40)(H,39,46)(H2,37,48,49)/t32-/m1/s1. The van der Waals surface area contributed by atoms with Crippen LogP contribution in [-0.4, -0.2) is 114 Å². The number of carbonyl (C=O) groups excluding carboxylic acids is 3. The molecular formula is C36H48N8O6S. The largest absolute Gasteiger partial charge is 0.436 e. The van der Waals surface area contributed by atoms with Gasteiger partial charge >= 0.3 is 12.1 Å². The minimum Gasteiger partial charge on any atom is -0.436 e. The fraction of sp³-hybridized carbons (Fsp3) is 0.556. The number of ether oxygens (including phenoxy) is 1. The molecule has 5 heterocycles. The predicted octanol–water partition coefficient (Wildman–Crippen LogP) is 3.63. The van der Waals surface area contributed by atoms with Crippen molar-refractivity contribution in [3.63, 3.8) is 0 Å². The lowest BCUT2D eigenvalue weighted by atomic mass is 9.79. The van der Waals surface area contributed by atoms with Crippen LogP contribution in [0, 0.1) is 18.8 Å². The van der Waals surface area contributed by atoms with E-state index in [9.17, 15) is 22.8 Å². The average Bonchev–Trinajstić information content (AvgIpc) is 3.54. The first-order valence-corrected chi connectivity index (χ1v) is 19.6. The fourth-order valence-electron chi connectivity index (χ4n) is 8.51.